The summed E-state index contributed by atoms with van der Waals surface area (Å²) in [6.07, 6.45) is 4.65. The van der Waals surface area contributed by atoms with Crippen molar-refractivity contribution >= 4 is 0 Å². The number of rotatable bonds is 1. The molecule has 0 bridgehead atoms. The molecule has 0 saturated heterocycles. The molecular formula is C13H14. The lowest BCUT2D eigenvalue weighted by molar-refractivity contribution is 1.10. The van der Waals surface area contributed by atoms with Crippen LogP contribution in [-0.2, 0) is 0 Å². The van der Waals surface area contributed by atoms with Crippen molar-refractivity contribution in [2.75, 3.05) is 0 Å². The highest BCUT2D eigenvalue weighted by atomic mass is 14.2. The van der Waals surface area contributed by atoms with Gasteiger partial charge in [-0.2, -0.15) is 0 Å². The molecule has 0 atom stereocenters. The summed E-state index contributed by atoms with van der Waals surface area (Å²) in [6, 6.07) is 10.6. The van der Waals surface area contributed by atoms with Crippen LogP contribution in [0.5, 0.6) is 0 Å². The van der Waals surface area contributed by atoms with Gasteiger partial charge in [0.15, 0.2) is 0 Å². The summed E-state index contributed by atoms with van der Waals surface area (Å²) < 4.78 is 0. The molecule has 1 aromatic rings. The minimum atomic E-state index is 0.501. The van der Waals surface area contributed by atoms with Crippen molar-refractivity contribution in [1.29, 1.82) is 0 Å². The lowest BCUT2D eigenvalue weighted by atomic mass is 10.0. The molecule has 1 aliphatic rings. The predicted molar refractivity (Wildman–Crippen MR) is 56.7 cm³/mol. The summed E-state index contributed by atoms with van der Waals surface area (Å²) in [4.78, 5) is 0. The van der Waals surface area contributed by atoms with Crippen molar-refractivity contribution in [3.63, 3.8) is 0 Å². The van der Waals surface area contributed by atoms with E-state index >= 15 is 0 Å². The SMILES string of the molecule is CC1=CC(c2ccccc2)C=C1C. The standard InChI is InChI=1S/C13H14/c1-10-8-13(9-11(10)2)12-6-4-3-5-7-12/h3-9,13H,1-2H3. The highest BCUT2D eigenvalue weighted by Gasteiger charge is 2.12. The molecule has 66 valence electrons. The van der Waals surface area contributed by atoms with E-state index in [4.69, 9.17) is 0 Å². The normalized spacial score (nSPS) is 17.1. The van der Waals surface area contributed by atoms with Gasteiger partial charge in [-0.15, -0.1) is 0 Å². The van der Waals surface area contributed by atoms with Crippen molar-refractivity contribution in [1.82, 2.24) is 0 Å². The first kappa shape index (κ1) is 8.31. The smallest absolute Gasteiger partial charge is 0.0210 e. The monoisotopic (exact) mass is 170 g/mol. The largest absolute Gasteiger partial charge is 0.0700 e. The first-order valence-corrected chi connectivity index (χ1v) is 4.69. The summed E-state index contributed by atoms with van der Waals surface area (Å²) in [7, 11) is 0. The lowest BCUT2D eigenvalue weighted by Gasteiger charge is -2.03. The zero-order valence-corrected chi connectivity index (χ0v) is 8.12. The second-order valence-corrected chi connectivity index (χ2v) is 3.64. The summed E-state index contributed by atoms with van der Waals surface area (Å²) in [6.45, 7) is 4.35. The maximum atomic E-state index is 2.32. The van der Waals surface area contributed by atoms with Crippen molar-refractivity contribution in [2.45, 2.75) is 19.8 Å². The minimum Gasteiger partial charge on any atom is -0.0700 e. The third-order valence-corrected chi connectivity index (χ3v) is 2.67. The molecule has 0 nitrogen and oxygen atoms in total. The molecule has 0 fully saturated rings. The molecule has 2 rings (SSSR count). The molecule has 0 N–H and O–H groups in total. The lowest BCUT2D eigenvalue weighted by Crippen LogP contribution is -1.86. The van der Waals surface area contributed by atoms with Crippen LogP contribution in [0.3, 0.4) is 0 Å². The van der Waals surface area contributed by atoms with Crippen LogP contribution in [0.1, 0.15) is 25.3 Å². The maximum absolute atomic E-state index is 2.32. The van der Waals surface area contributed by atoms with Gasteiger partial charge in [0.2, 0.25) is 0 Å². The Morgan fingerprint density at radius 3 is 1.92 bits per heavy atom. The molecule has 0 saturated carbocycles. The highest BCUT2D eigenvalue weighted by Crippen LogP contribution is 2.30. The van der Waals surface area contributed by atoms with Crippen LogP contribution in [0.25, 0.3) is 0 Å². The van der Waals surface area contributed by atoms with Crippen LogP contribution in [0.15, 0.2) is 53.6 Å². The summed E-state index contributed by atoms with van der Waals surface area (Å²) in [5.41, 5.74) is 4.21. The molecular weight excluding hydrogens is 156 g/mol. The molecule has 0 aromatic heterocycles. The van der Waals surface area contributed by atoms with Gasteiger partial charge in [-0.3, -0.25) is 0 Å². The Kier molecular flexibility index (Phi) is 2.05. The maximum Gasteiger partial charge on any atom is 0.0210 e. The topological polar surface area (TPSA) is 0 Å². The molecule has 13 heavy (non-hydrogen) atoms. The minimum absolute atomic E-state index is 0.501. The van der Waals surface area contributed by atoms with E-state index in [1.54, 1.807) is 0 Å². The van der Waals surface area contributed by atoms with Crippen LogP contribution in [0, 0.1) is 0 Å². The number of hydrogen-bond donors (Lipinski definition) is 0. The third kappa shape index (κ3) is 1.57. The van der Waals surface area contributed by atoms with Gasteiger partial charge in [-0.25, -0.2) is 0 Å². The van der Waals surface area contributed by atoms with E-state index in [2.05, 4.69) is 56.3 Å². The number of hydrogen-bond acceptors (Lipinski definition) is 0. The van der Waals surface area contributed by atoms with E-state index in [1.807, 2.05) is 0 Å². The van der Waals surface area contributed by atoms with E-state index < -0.39 is 0 Å². The summed E-state index contributed by atoms with van der Waals surface area (Å²) in [5.74, 6) is 0.501. The number of benzene rings is 1. The molecule has 0 amide bonds. The van der Waals surface area contributed by atoms with E-state index in [-0.39, 0.29) is 0 Å². The Bertz CT molecular complexity index is 337. The van der Waals surface area contributed by atoms with Crippen LogP contribution in [0.2, 0.25) is 0 Å². The molecule has 0 radical (unpaired) electrons. The first-order chi connectivity index (χ1) is 6.27. The third-order valence-electron chi connectivity index (χ3n) is 2.67. The van der Waals surface area contributed by atoms with Gasteiger partial charge in [0.25, 0.3) is 0 Å². The quantitative estimate of drug-likeness (QED) is 0.603. The van der Waals surface area contributed by atoms with Gasteiger partial charge in [0, 0.05) is 5.92 Å². The average Bonchev–Trinajstić information content (AvgIpc) is 2.49. The second kappa shape index (κ2) is 3.21. The average molecular weight is 170 g/mol. The molecule has 1 aliphatic carbocycles. The Morgan fingerprint density at radius 1 is 0.846 bits per heavy atom. The Labute approximate surface area is 79.6 Å². The molecule has 0 spiro atoms. The Morgan fingerprint density at radius 2 is 1.38 bits per heavy atom. The van der Waals surface area contributed by atoms with E-state index in [0.717, 1.165) is 0 Å². The zero-order valence-electron chi connectivity index (χ0n) is 8.12. The van der Waals surface area contributed by atoms with Gasteiger partial charge < -0.3 is 0 Å². The van der Waals surface area contributed by atoms with Gasteiger partial charge in [0.05, 0.1) is 0 Å². The van der Waals surface area contributed by atoms with Crippen LogP contribution in [0.4, 0.5) is 0 Å². The highest BCUT2D eigenvalue weighted by molar-refractivity contribution is 5.43. The van der Waals surface area contributed by atoms with E-state index in [9.17, 15) is 0 Å². The van der Waals surface area contributed by atoms with Gasteiger partial charge >= 0.3 is 0 Å². The molecule has 0 unspecified atom stereocenters. The van der Waals surface area contributed by atoms with Crippen molar-refractivity contribution in [3.8, 4) is 0 Å². The Hall–Kier alpha value is -1.30. The zero-order chi connectivity index (χ0) is 9.26. The molecule has 0 heterocycles. The predicted octanol–water partition coefficient (Wildman–Crippen LogP) is 3.68. The van der Waals surface area contributed by atoms with Crippen LogP contribution < -0.4 is 0 Å². The fourth-order valence-electron chi connectivity index (χ4n) is 1.72. The van der Waals surface area contributed by atoms with Gasteiger partial charge in [-0.1, -0.05) is 53.6 Å². The summed E-state index contributed by atoms with van der Waals surface area (Å²) in [5, 5.41) is 0. The second-order valence-electron chi connectivity index (χ2n) is 3.64. The number of allylic oxidation sites excluding steroid dienone is 4. The Balaban J connectivity index is 2.32. The molecule has 0 aliphatic heterocycles. The van der Waals surface area contributed by atoms with E-state index in [0.29, 0.717) is 5.92 Å². The van der Waals surface area contributed by atoms with Crippen molar-refractivity contribution < 1.29 is 0 Å². The van der Waals surface area contributed by atoms with Crippen molar-refractivity contribution in [2.24, 2.45) is 0 Å². The van der Waals surface area contributed by atoms with E-state index in [1.165, 1.54) is 16.7 Å². The molecule has 0 heteroatoms. The van der Waals surface area contributed by atoms with Crippen molar-refractivity contribution in [3.05, 3.63) is 59.2 Å². The first-order valence-electron chi connectivity index (χ1n) is 4.69. The van der Waals surface area contributed by atoms with Gasteiger partial charge in [-0.05, 0) is 19.4 Å². The van der Waals surface area contributed by atoms with Gasteiger partial charge in [0.1, 0.15) is 0 Å². The van der Waals surface area contributed by atoms with Crippen LogP contribution in [-0.4, -0.2) is 0 Å². The van der Waals surface area contributed by atoms with Crippen LogP contribution >= 0.6 is 0 Å². The fourth-order valence-corrected chi connectivity index (χ4v) is 1.72. The summed E-state index contributed by atoms with van der Waals surface area (Å²) >= 11 is 0. The molecule has 1 aromatic carbocycles. The fraction of sp³-hybridized carbons (Fsp3) is 0.231.